The molecule has 0 amide bonds. The van der Waals surface area contributed by atoms with Crippen molar-refractivity contribution in [3.63, 3.8) is 0 Å². The molecule has 0 radical (unpaired) electrons. The van der Waals surface area contributed by atoms with E-state index in [2.05, 4.69) is 26.2 Å². The Morgan fingerprint density at radius 2 is 1.96 bits per heavy atom. The number of likely N-dealkylation sites (tertiary alicyclic amines) is 1. The van der Waals surface area contributed by atoms with Crippen molar-refractivity contribution in [1.29, 1.82) is 0 Å². The van der Waals surface area contributed by atoms with Gasteiger partial charge in [0, 0.05) is 56.3 Å². The first-order chi connectivity index (χ1) is 13.7. The van der Waals surface area contributed by atoms with Gasteiger partial charge in [-0.15, -0.1) is 0 Å². The first-order valence-corrected chi connectivity index (χ1v) is 10.6. The van der Waals surface area contributed by atoms with Crippen LogP contribution in [0.1, 0.15) is 36.8 Å². The summed E-state index contributed by atoms with van der Waals surface area (Å²) in [5.41, 5.74) is 3.51. The summed E-state index contributed by atoms with van der Waals surface area (Å²) in [6.45, 7) is 7.37. The first kappa shape index (κ1) is 19.3. The molecular weight excluding hydrogens is 351 g/mol. The van der Waals surface area contributed by atoms with Crippen LogP contribution in [0.15, 0.2) is 42.7 Å². The molecule has 4 nitrogen and oxygen atoms in total. The van der Waals surface area contributed by atoms with Crippen molar-refractivity contribution in [1.82, 2.24) is 15.2 Å². The second-order valence-corrected chi connectivity index (χ2v) is 8.29. The summed E-state index contributed by atoms with van der Waals surface area (Å²) in [7, 11) is 0. The van der Waals surface area contributed by atoms with Crippen molar-refractivity contribution in [3.8, 4) is 0 Å². The van der Waals surface area contributed by atoms with Crippen LogP contribution in [-0.4, -0.2) is 48.1 Å². The summed E-state index contributed by atoms with van der Waals surface area (Å²) in [5, 5.41) is 3.93. The molecule has 0 aliphatic carbocycles. The number of piperidine rings is 2. The summed E-state index contributed by atoms with van der Waals surface area (Å²) >= 11 is 0. The second kappa shape index (κ2) is 9.01. The van der Waals surface area contributed by atoms with Gasteiger partial charge in [-0.1, -0.05) is 6.07 Å². The highest BCUT2D eigenvalue weighted by molar-refractivity contribution is 5.53. The number of pyridine rings is 1. The number of rotatable bonds is 5. The van der Waals surface area contributed by atoms with E-state index in [1.54, 1.807) is 12.1 Å². The maximum atomic E-state index is 13.4. The predicted molar refractivity (Wildman–Crippen MR) is 112 cm³/mol. The summed E-state index contributed by atoms with van der Waals surface area (Å²) in [4.78, 5) is 9.19. The van der Waals surface area contributed by atoms with Crippen molar-refractivity contribution in [2.24, 2.45) is 0 Å². The van der Waals surface area contributed by atoms with Gasteiger partial charge in [0.15, 0.2) is 0 Å². The molecule has 3 heterocycles. The molecular formula is C23H31FN4. The smallest absolute Gasteiger partial charge is 0.123 e. The molecule has 150 valence electrons. The average Bonchev–Trinajstić information content (AvgIpc) is 2.70. The van der Waals surface area contributed by atoms with Gasteiger partial charge in [-0.3, -0.25) is 9.88 Å². The number of hydrogen-bond acceptors (Lipinski definition) is 4. The monoisotopic (exact) mass is 382 g/mol. The molecule has 0 bridgehead atoms. The fraction of sp³-hybridized carbons (Fsp3) is 0.522. The van der Waals surface area contributed by atoms with Crippen LogP contribution in [0.5, 0.6) is 0 Å². The molecule has 1 N–H and O–H groups in total. The SMILES string of the molecule is Cc1cc(F)ccc1N1CCC(NC2CCCN(Cc3cccnc3)C2)CC1. The third-order valence-electron chi connectivity index (χ3n) is 6.10. The van der Waals surface area contributed by atoms with E-state index in [-0.39, 0.29) is 5.82 Å². The second-order valence-electron chi connectivity index (χ2n) is 8.29. The van der Waals surface area contributed by atoms with Crippen molar-refractivity contribution >= 4 is 5.69 Å². The maximum Gasteiger partial charge on any atom is 0.123 e. The number of benzene rings is 1. The van der Waals surface area contributed by atoms with Crippen LogP contribution in [-0.2, 0) is 6.54 Å². The molecule has 1 aromatic carbocycles. The molecule has 2 saturated heterocycles. The Balaban J connectivity index is 1.26. The van der Waals surface area contributed by atoms with Gasteiger partial charge in [-0.25, -0.2) is 4.39 Å². The van der Waals surface area contributed by atoms with Crippen LogP contribution in [0.2, 0.25) is 0 Å². The van der Waals surface area contributed by atoms with E-state index in [1.165, 1.54) is 30.6 Å². The zero-order valence-corrected chi connectivity index (χ0v) is 16.8. The van der Waals surface area contributed by atoms with Crippen LogP contribution < -0.4 is 10.2 Å². The topological polar surface area (TPSA) is 31.4 Å². The number of hydrogen-bond donors (Lipinski definition) is 1. The van der Waals surface area contributed by atoms with Crippen LogP contribution in [0.25, 0.3) is 0 Å². The number of nitrogens with one attached hydrogen (secondary N) is 1. The molecule has 2 aliphatic heterocycles. The summed E-state index contributed by atoms with van der Waals surface area (Å²) in [6, 6.07) is 10.5. The van der Waals surface area contributed by atoms with Crippen molar-refractivity contribution < 1.29 is 4.39 Å². The van der Waals surface area contributed by atoms with Crippen LogP contribution in [0, 0.1) is 12.7 Å². The van der Waals surface area contributed by atoms with E-state index in [9.17, 15) is 4.39 Å². The van der Waals surface area contributed by atoms with Gasteiger partial charge in [0.25, 0.3) is 0 Å². The lowest BCUT2D eigenvalue weighted by Crippen LogP contribution is -2.51. The van der Waals surface area contributed by atoms with Gasteiger partial charge in [0.1, 0.15) is 5.82 Å². The van der Waals surface area contributed by atoms with Crippen LogP contribution in [0.3, 0.4) is 0 Å². The predicted octanol–water partition coefficient (Wildman–Crippen LogP) is 3.75. The van der Waals surface area contributed by atoms with E-state index >= 15 is 0 Å². The Bertz CT molecular complexity index is 758. The van der Waals surface area contributed by atoms with Crippen LogP contribution >= 0.6 is 0 Å². The lowest BCUT2D eigenvalue weighted by atomic mass is 9.99. The summed E-state index contributed by atoms with van der Waals surface area (Å²) in [6.07, 6.45) is 8.63. The summed E-state index contributed by atoms with van der Waals surface area (Å²) < 4.78 is 13.4. The number of nitrogens with zero attached hydrogens (tertiary/aromatic N) is 3. The molecule has 1 aromatic heterocycles. The van der Waals surface area contributed by atoms with E-state index in [4.69, 9.17) is 0 Å². The van der Waals surface area contributed by atoms with Gasteiger partial charge in [0.2, 0.25) is 0 Å². The highest BCUT2D eigenvalue weighted by Crippen LogP contribution is 2.25. The lowest BCUT2D eigenvalue weighted by Gasteiger charge is -2.39. The van der Waals surface area contributed by atoms with Crippen molar-refractivity contribution in [3.05, 3.63) is 59.7 Å². The maximum absolute atomic E-state index is 13.4. The van der Waals surface area contributed by atoms with E-state index in [0.29, 0.717) is 12.1 Å². The Kier molecular flexibility index (Phi) is 6.23. The van der Waals surface area contributed by atoms with Crippen molar-refractivity contribution in [2.75, 3.05) is 31.1 Å². The molecule has 1 unspecified atom stereocenters. The highest BCUT2D eigenvalue weighted by atomic mass is 19.1. The minimum absolute atomic E-state index is 0.147. The number of aryl methyl sites for hydroxylation is 1. The first-order valence-electron chi connectivity index (χ1n) is 10.6. The fourth-order valence-electron chi connectivity index (χ4n) is 4.68. The molecule has 0 spiro atoms. The van der Waals surface area contributed by atoms with Gasteiger partial charge in [-0.05, 0) is 74.5 Å². The Labute approximate surface area is 167 Å². The van der Waals surface area contributed by atoms with Gasteiger partial charge in [0.05, 0.1) is 0 Å². The standard InChI is InChI=1S/C23H31FN4/c1-18-14-20(24)6-7-23(18)28-12-8-21(9-13-28)26-22-5-3-11-27(17-22)16-19-4-2-10-25-15-19/h2,4,6-7,10,14-15,21-22,26H,3,5,8-9,11-13,16-17H2,1H3. The average molecular weight is 383 g/mol. The number of anilines is 1. The molecule has 5 heteroatoms. The number of halogens is 1. The summed E-state index contributed by atoms with van der Waals surface area (Å²) in [5.74, 6) is -0.147. The quantitative estimate of drug-likeness (QED) is 0.853. The third-order valence-corrected chi connectivity index (χ3v) is 6.10. The molecule has 1 atom stereocenters. The molecule has 4 rings (SSSR count). The number of aromatic nitrogens is 1. The Hall–Kier alpha value is -1.98. The lowest BCUT2D eigenvalue weighted by molar-refractivity contribution is 0.171. The molecule has 2 aliphatic rings. The molecule has 2 fully saturated rings. The zero-order chi connectivity index (χ0) is 19.3. The third kappa shape index (κ3) is 4.89. The Morgan fingerprint density at radius 3 is 2.71 bits per heavy atom. The zero-order valence-electron chi connectivity index (χ0n) is 16.8. The normalized spacial score (nSPS) is 21.8. The molecule has 28 heavy (non-hydrogen) atoms. The van der Waals surface area contributed by atoms with E-state index < -0.39 is 0 Å². The van der Waals surface area contributed by atoms with E-state index in [0.717, 1.165) is 44.6 Å². The van der Waals surface area contributed by atoms with Gasteiger partial charge >= 0.3 is 0 Å². The van der Waals surface area contributed by atoms with Crippen LogP contribution in [0.4, 0.5) is 10.1 Å². The minimum atomic E-state index is -0.147. The van der Waals surface area contributed by atoms with Gasteiger partial charge < -0.3 is 10.2 Å². The molecule has 0 saturated carbocycles. The van der Waals surface area contributed by atoms with Crippen molar-refractivity contribution in [2.45, 2.75) is 51.2 Å². The highest BCUT2D eigenvalue weighted by Gasteiger charge is 2.25. The molecule has 2 aromatic rings. The fourth-order valence-corrected chi connectivity index (χ4v) is 4.68. The van der Waals surface area contributed by atoms with E-state index in [1.807, 2.05) is 31.5 Å². The largest absolute Gasteiger partial charge is 0.371 e. The minimum Gasteiger partial charge on any atom is -0.371 e. The van der Waals surface area contributed by atoms with Gasteiger partial charge in [-0.2, -0.15) is 0 Å². The Morgan fingerprint density at radius 1 is 1.11 bits per heavy atom.